The van der Waals surface area contributed by atoms with Crippen molar-refractivity contribution in [2.24, 2.45) is 0 Å². The number of Topliss-reactive ketones (excluding diaryl/α,β-unsaturated/α-hetero) is 1. The summed E-state index contributed by atoms with van der Waals surface area (Å²) in [6.07, 6.45) is 5.71. The summed E-state index contributed by atoms with van der Waals surface area (Å²) in [7, 11) is 0. The van der Waals surface area contributed by atoms with Crippen LogP contribution in [-0.2, 0) is 13.0 Å². The van der Waals surface area contributed by atoms with Crippen molar-refractivity contribution in [1.29, 1.82) is 0 Å². The molecule has 1 heterocycles. The van der Waals surface area contributed by atoms with Crippen molar-refractivity contribution < 1.29 is 19.3 Å². The molecule has 0 radical (unpaired) electrons. The van der Waals surface area contributed by atoms with Crippen LogP contribution in [0.1, 0.15) is 32.0 Å². The van der Waals surface area contributed by atoms with Gasteiger partial charge in [-0.15, -0.1) is 0 Å². The quantitative estimate of drug-likeness (QED) is 0.556. The van der Waals surface area contributed by atoms with E-state index in [1.54, 1.807) is 47.3 Å². The summed E-state index contributed by atoms with van der Waals surface area (Å²) in [5.41, 5.74) is 2.55. The van der Waals surface area contributed by atoms with Gasteiger partial charge in [-0.05, 0) is 17.7 Å². The van der Waals surface area contributed by atoms with E-state index in [0.29, 0.717) is 12.0 Å². The average molecular weight is 333 g/mol. The monoisotopic (exact) mass is 333 g/mol. The van der Waals surface area contributed by atoms with Gasteiger partial charge in [-0.1, -0.05) is 42.5 Å². The molecule has 0 spiro atoms. The molecule has 0 aliphatic heterocycles. The van der Waals surface area contributed by atoms with Crippen molar-refractivity contribution in [1.82, 2.24) is 4.98 Å². The van der Waals surface area contributed by atoms with Crippen LogP contribution < -0.4 is 4.57 Å². The minimum atomic E-state index is -0.952. The Labute approximate surface area is 145 Å². The highest BCUT2D eigenvalue weighted by atomic mass is 16.4. The number of aromatic nitrogens is 2. The third-order valence-corrected chi connectivity index (χ3v) is 3.79. The average Bonchev–Trinajstić information content (AvgIpc) is 2.63. The number of carboxylic acid groups (broad SMARTS) is 1. The molecule has 5 heteroatoms. The first-order valence-corrected chi connectivity index (χ1v) is 7.86. The smallest absolute Gasteiger partial charge is 0.335 e. The molecule has 3 aromatic rings. The van der Waals surface area contributed by atoms with E-state index in [0.717, 1.165) is 11.3 Å². The van der Waals surface area contributed by atoms with E-state index in [-0.39, 0.29) is 17.9 Å². The lowest BCUT2D eigenvalue weighted by atomic mass is 10.1. The van der Waals surface area contributed by atoms with Crippen LogP contribution in [0.5, 0.6) is 0 Å². The molecule has 124 valence electrons. The Kier molecular flexibility index (Phi) is 4.95. The second-order valence-corrected chi connectivity index (χ2v) is 5.69. The molecule has 0 atom stereocenters. The highest BCUT2D eigenvalue weighted by Gasteiger charge is 2.13. The molecule has 0 amide bonds. The molecule has 0 aliphatic carbocycles. The molecule has 5 nitrogen and oxygen atoms in total. The Morgan fingerprint density at radius 3 is 2.52 bits per heavy atom. The Bertz CT molecular complexity index is 908. The molecule has 0 bridgehead atoms. The van der Waals surface area contributed by atoms with E-state index in [1.807, 2.05) is 30.5 Å². The van der Waals surface area contributed by atoms with Crippen LogP contribution in [-0.4, -0.2) is 21.8 Å². The van der Waals surface area contributed by atoms with Crippen molar-refractivity contribution in [3.8, 4) is 0 Å². The molecule has 1 aromatic heterocycles. The van der Waals surface area contributed by atoms with E-state index in [1.165, 1.54) is 0 Å². The van der Waals surface area contributed by atoms with Crippen LogP contribution in [0.2, 0.25) is 0 Å². The molecule has 0 unspecified atom stereocenters. The van der Waals surface area contributed by atoms with Gasteiger partial charge >= 0.3 is 5.97 Å². The number of carboxylic acids is 1. The van der Waals surface area contributed by atoms with Gasteiger partial charge in [-0.25, -0.2) is 9.78 Å². The Morgan fingerprint density at radius 1 is 1.00 bits per heavy atom. The van der Waals surface area contributed by atoms with Gasteiger partial charge in [-0.3, -0.25) is 4.79 Å². The zero-order valence-electron chi connectivity index (χ0n) is 13.5. The first kappa shape index (κ1) is 16.5. The van der Waals surface area contributed by atoms with Crippen molar-refractivity contribution in [3.63, 3.8) is 0 Å². The number of rotatable bonds is 6. The highest BCUT2D eigenvalue weighted by Crippen LogP contribution is 2.09. The van der Waals surface area contributed by atoms with E-state index in [2.05, 4.69) is 4.98 Å². The van der Waals surface area contributed by atoms with Crippen LogP contribution in [0.25, 0.3) is 0 Å². The molecule has 0 saturated heterocycles. The molecule has 3 rings (SSSR count). The first-order chi connectivity index (χ1) is 12.1. The lowest BCUT2D eigenvalue weighted by molar-refractivity contribution is -0.684. The van der Waals surface area contributed by atoms with Gasteiger partial charge in [0, 0.05) is 12.0 Å². The van der Waals surface area contributed by atoms with Crippen LogP contribution in [0.3, 0.4) is 0 Å². The number of carbonyl (C=O) groups is 2. The van der Waals surface area contributed by atoms with E-state index < -0.39 is 5.97 Å². The number of benzene rings is 2. The molecule has 25 heavy (non-hydrogen) atoms. The van der Waals surface area contributed by atoms with Gasteiger partial charge in [0.25, 0.3) is 0 Å². The van der Waals surface area contributed by atoms with E-state index in [4.69, 9.17) is 5.11 Å². The summed E-state index contributed by atoms with van der Waals surface area (Å²) in [6, 6.07) is 15.9. The fraction of sp³-hybridized carbons (Fsp3) is 0.100. The lowest BCUT2D eigenvalue weighted by Crippen LogP contribution is -2.38. The summed E-state index contributed by atoms with van der Waals surface area (Å²) in [5.74, 6) is -0.929. The van der Waals surface area contributed by atoms with E-state index in [9.17, 15) is 9.59 Å². The lowest BCUT2D eigenvalue weighted by Gasteiger charge is -2.03. The summed E-state index contributed by atoms with van der Waals surface area (Å²) in [4.78, 5) is 27.7. The minimum absolute atomic E-state index is 0.0237. The maximum absolute atomic E-state index is 12.3. The maximum atomic E-state index is 12.3. The van der Waals surface area contributed by atoms with Crippen molar-refractivity contribution in [2.75, 3.05) is 0 Å². The predicted molar refractivity (Wildman–Crippen MR) is 91.4 cm³/mol. The molecular formula is C20H17N2O3+. The standard InChI is InChI=1S/C20H16N2O3/c23-19(16-6-2-1-3-7-16)14-22-10-9-21-18(13-22)12-15-5-4-8-17(11-15)20(24)25/h1-11,13H,12,14H2/p+1. The van der Waals surface area contributed by atoms with Gasteiger partial charge in [0.1, 0.15) is 5.69 Å². The maximum Gasteiger partial charge on any atom is 0.335 e. The van der Waals surface area contributed by atoms with Crippen molar-refractivity contribution in [3.05, 3.63) is 95.6 Å². The number of aromatic carboxylic acids is 1. The fourth-order valence-electron chi connectivity index (χ4n) is 2.58. The van der Waals surface area contributed by atoms with Gasteiger partial charge in [-0.2, -0.15) is 4.57 Å². The van der Waals surface area contributed by atoms with Gasteiger partial charge in [0.15, 0.2) is 12.4 Å². The largest absolute Gasteiger partial charge is 0.478 e. The first-order valence-electron chi connectivity index (χ1n) is 7.86. The Balaban J connectivity index is 1.74. The fourth-order valence-corrected chi connectivity index (χ4v) is 2.58. The SMILES string of the molecule is O=C(O)c1cccc(Cc2c[n+](CC(=O)c3ccccc3)ccn2)c1. The summed E-state index contributed by atoms with van der Waals surface area (Å²) in [5, 5.41) is 9.07. The van der Waals surface area contributed by atoms with Crippen molar-refractivity contribution in [2.45, 2.75) is 13.0 Å². The number of hydrogen-bond acceptors (Lipinski definition) is 3. The van der Waals surface area contributed by atoms with Crippen LogP contribution in [0, 0.1) is 0 Å². The molecule has 0 fully saturated rings. The number of hydrogen-bond donors (Lipinski definition) is 1. The Morgan fingerprint density at radius 2 is 1.76 bits per heavy atom. The number of ketones is 1. The third kappa shape index (κ3) is 4.35. The highest BCUT2D eigenvalue weighted by molar-refractivity contribution is 5.94. The molecule has 2 aromatic carbocycles. The topological polar surface area (TPSA) is 71.1 Å². The second-order valence-electron chi connectivity index (χ2n) is 5.69. The normalized spacial score (nSPS) is 10.4. The molecule has 0 aliphatic rings. The minimum Gasteiger partial charge on any atom is -0.478 e. The van der Waals surface area contributed by atoms with Crippen LogP contribution >= 0.6 is 0 Å². The van der Waals surface area contributed by atoms with Crippen LogP contribution in [0.15, 0.2) is 73.2 Å². The van der Waals surface area contributed by atoms with Gasteiger partial charge in [0.05, 0.1) is 11.8 Å². The van der Waals surface area contributed by atoms with Gasteiger partial charge in [0.2, 0.25) is 12.3 Å². The predicted octanol–water partition coefficient (Wildman–Crippen LogP) is 2.54. The van der Waals surface area contributed by atoms with Crippen molar-refractivity contribution >= 4 is 11.8 Å². The number of nitrogens with zero attached hydrogens (tertiary/aromatic N) is 2. The second kappa shape index (κ2) is 7.49. The number of carbonyl (C=O) groups excluding carboxylic acids is 1. The summed E-state index contributed by atoms with van der Waals surface area (Å²) in [6.45, 7) is 0.231. The van der Waals surface area contributed by atoms with Gasteiger partial charge < -0.3 is 5.11 Å². The summed E-state index contributed by atoms with van der Waals surface area (Å²) >= 11 is 0. The van der Waals surface area contributed by atoms with Crippen LogP contribution in [0.4, 0.5) is 0 Å². The molecular weight excluding hydrogens is 316 g/mol. The third-order valence-electron chi connectivity index (χ3n) is 3.79. The van der Waals surface area contributed by atoms with E-state index >= 15 is 0 Å². The summed E-state index contributed by atoms with van der Waals surface area (Å²) < 4.78 is 1.79. The zero-order valence-corrected chi connectivity index (χ0v) is 13.5. The molecule has 0 saturated carbocycles. The Hall–Kier alpha value is -3.34. The zero-order chi connectivity index (χ0) is 17.6. The molecule has 1 N–H and O–H groups in total.